The van der Waals surface area contributed by atoms with Crippen LogP contribution in [0, 0.1) is 0 Å². The van der Waals surface area contributed by atoms with Crippen LogP contribution in [0.25, 0.3) is 0 Å². The van der Waals surface area contributed by atoms with Gasteiger partial charge in [0.1, 0.15) is 0 Å². The predicted molar refractivity (Wildman–Crippen MR) is 78.6 cm³/mol. The molecule has 0 aromatic heterocycles. The summed E-state index contributed by atoms with van der Waals surface area (Å²) in [5.41, 5.74) is 2.65. The van der Waals surface area contributed by atoms with Gasteiger partial charge in [-0.05, 0) is 29.8 Å². The van der Waals surface area contributed by atoms with Crippen molar-refractivity contribution in [1.29, 1.82) is 0 Å². The van der Waals surface area contributed by atoms with Crippen LogP contribution in [0.15, 0.2) is 48.5 Å². The molecule has 0 bridgehead atoms. The Morgan fingerprint density at radius 1 is 1.11 bits per heavy atom. The van der Waals surface area contributed by atoms with E-state index < -0.39 is 0 Å². The van der Waals surface area contributed by atoms with E-state index in [1.807, 2.05) is 48.5 Å². The first-order valence-electron chi connectivity index (χ1n) is 6.00. The molecule has 0 spiro atoms. The minimum absolute atomic E-state index is 0.0781. The Hall–Kier alpha value is -2.00. The van der Waals surface area contributed by atoms with Gasteiger partial charge in [-0.15, -0.1) is 0 Å². The highest BCUT2D eigenvalue weighted by molar-refractivity contribution is 6.33. The van der Waals surface area contributed by atoms with Crippen LogP contribution in [0.4, 0.5) is 5.69 Å². The van der Waals surface area contributed by atoms with E-state index in [2.05, 4.69) is 10.6 Å². The molecule has 2 N–H and O–H groups in total. The second kappa shape index (κ2) is 6.25. The number of hydrogen-bond donors (Lipinski definition) is 2. The molecule has 0 saturated heterocycles. The molecular weight excluding hydrogens is 260 g/mol. The average Bonchev–Trinajstić information content (AvgIpc) is 2.46. The van der Waals surface area contributed by atoms with Crippen molar-refractivity contribution in [3.05, 3.63) is 64.7 Å². The van der Waals surface area contributed by atoms with Crippen LogP contribution >= 0.6 is 11.6 Å². The minimum Gasteiger partial charge on any atom is -0.380 e. The lowest BCUT2D eigenvalue weighted by Gasteiger charge is -2.08. The average molecular weight is 275 g/mol. The van der Waals surface area contributed by atoms with Crippen LogP contribution in [0.1, 0.15) is 15.9 Å². The number of para-hydroxylation sites is 1. The fourth-order valence-electron chi connectivity index (χ4n) is 1.72. The fraction of sp³-hybridized carbons (Fsp3) is 0.133. The van der Waals surface area contributed by atoms with Gasteiger partial charge in [0.05, 0.1) is 10.7 Å². The van der Waals surface area contributed by atoms with Crippen molar-refractivity contribution in [1.82, 2.24) is 5.32 Å². The smallest absolute Gasteiger partial charge is 0.251 e. The van der Waals surface area contributed by atoms with Crippen LogP contribution in [0.2, 0.25) is 5.02 Å². The minimum atomic E-state index is -0.0781. The van der Waals surface area contributed by atoms with E-state index >= 15 is 0 Å². The lowest BCUT2D eigenvalue weighted by molar-refractivity contribution is 0.0963. The van der Waals surface area contributed by atoms with Crippen molar-refractivity contribution in [2.24, 2.45) is 0 Å². The van der Waals surface area contributed by atoms with Gasteiger partial charge in [0, 0.05) is 19.2 Å². The molecule has 1 amide bonds. The van der Waals surface area contributed by atoms with Gasteiger partial charge in [0.25, 0.3) is 5.91 Å². The summed E-state index contributed by atoms with van der Waals surface area (Å²) in [6.45, 7) is 0.664. The largest absolute Gasteiger partial charge is 0.380 e. The fourth-order valence-corrected chi connectivity index (χ4v) is 1.92. The van der Waals surface area contributed by atoms with Gasteiger partial charge in [0.2, 0.25) is 0 Å². The van der Waals surface area contributed by atoms with Crippen molar-refractivity contribution >= 4 is 23.2 Å². The number of nitrogens with one attached hydrogen (secondary N) is 2. The van der Waals surface area contributed by atoms with Crippen LogP contribution < -0.4 is 10.6 Å². The number of carbonyl (C=O) groups is 1. The molecule has 0 atom stereocenters. The molecule has 0 unspecified atom stereocenters. The molecule has 0 aliphatic carbocycles. The summed E-state index contributed by atoms with van der Waals surface area (Å²) >= 11 is 6.06. The van der Waals surface area contributed by atoms with Crippen LogP contribution in [0.3, 0.4) is 0 Å². The monoisotopic (exact) mass is 274 g/mol. The van der Waals surface area contributed by atoms with Gasteiger partial charge in [-0.2, -0.15) is 0 Å². The Morgan fingerprint density at radius 3 is 2.42 bits per heavy atom. The Kier molecular flexibility index (Phi) is 4.42. The maximum atomic E-state index is 11.4. The molecular formula is C15H15ClN2O. The van der Waals surface area contributed by atoms with Crippen molar-refractivity contribution in [3.63, 3.8) is 0 Å². The SMILES string of the molecule is CNC(=O)c1ccc(CNc2ccccc2Cl)cc1. The molecule has 19 heavy (non-hydrogen) atoms. The molecule has 0 heterocycles. The molecule has 98 valence electrons. The van der Waals surface area contributed by atoms with E-state index in [9.17, 15) is 4.79 Å². The first-order valence-corrected chi connectivity index (χ1v) is 6.38. The van der Waals surface area contributed by atoms with E-state index in [1.54, 1.807) is 7.05 Å². The van der Waals surface area contributed by atoms with Crippen molar-refractivity contribution in [2.75, 3.05) is 12.4 Å². The number of benzene rings is 2. The van der Waals surface area contributed by atoms with E-state index in [0.717, 1.165) is 11.3 Å². The van der Waals surface area contributed by atoms with E-state index in [1.165, 1.54) is 0 Å². The van der Waals surface area contributed by atoms with Crippen LogP contribution in [0.5, 0.6) is 0 Å². The summed E-state index contributed by atoms with van der Waals surface area (Å²) in [4.78, 5) is 11.4. The standard InChI is InChI=1S/C15H15ClN2O/c1-17-15(19)12-8-6-11(7-9-12)10-18-14-5-3-2-4-13(14)16/h2-9,18H,10H2,1H3,(H,17,19). The Labute approximate surface area is 117 Å². The molecule has 2 aromatic carbocycles. The molecule has 0 radical (unpaired) electrons. The molecule has 3 nitrogen and oxygen atoms in total. The van der Waals surface area contributed by atoms with Gasteiger partial charge in [-0.3, -0.25) is 4.79 Å². The Morgan fingerprint density at radius 2 is 1.79 bits per heavy atom. The lowest BCUT2D eigenvalue weighted by atomic mass is 10.1. The molecule has 0 saturated carbocycles. The second-order valence-corrected chi connectivity index (χ2v) is 4.52. The van der Waals surface area contributed by atoms with Gasteiger partial charge in [0.15, 0.2) is 0 Å². The number of hydrogen-bond acceptors (Lipinski definition) is 2. The highest BCUT2D eigenvalue weighted by Gasteiger charge is 2.02. The molecule has 0 fully saturated rings. The zero-order chi connectivity index (χ0) is 13.7. The zero-order valence-electron chi connectivity index (χ0n) is 10.6. The zero-order valence-corrected chi connectivity index (χ0v) is 11.4. The number of carbonyl (C=O) groups excluding carboxylic acids is 1. The molecule has 2 rings (SSSR count). The Bertz CT molecular complexity index is 567. The quantitative estimate of drug-likeness (QED) is 0.898. The maximum Gasteiger partial charge on any atom is 0.251 e. The number of halogens is 1. The third-order valence-electron chi connectivity index (χ3n) is 2.80. The first kappa shape index (κ1) is 13.4. The highest BCUT2D eigenvalue weighted by atomic mass is 35.5. The summed E-state index contributed by atoms with van der Waals surface area (Å²) < 4.78 is 0. The third-order valence-corrected chi connectivity index (χ3v) is 3.13. The highest BCUT2D eigenvalue weighted by Crippen LogP contribution is 2.21. The maximum absolute atomic E-state index is 11.4. The van der Waals surface area contributed by atoms with Gasteiger partial charge < -0.3 is 10.6 Å². The molecule has 0 aliphatic rings. The van der Waals surface area contributed by atoms with Gasteiger partial charge in [-0.25, -0.2) is 0 Å². The van der Waals surface area contributed by atoms with E-state index in [0.29, 0.717) is 17.1 Å². The van der Waals surface area contributed by atoms with E-state index in [4.69, 9.17) is 11.6 Å². The molecule has 4 heteroatoms. The van der Waals surface area contributed by atoms with Gasteiger partial charge in [-0.1, -0.05) is 35.9 Å². The summed E-state index contributed by atoms with van der Waals surface area (Å²) in [5.74, 6) is -0.0781. The number of anilines is 1. The van der Waals surface area contributed by atoms with Crippen LogP contribution in [-0.4, -0.2) is 13.0 Å². The summed E-state index contributed by atoms with van der Waals surface area (Å²) in [6.07, 6.45) is 0. The first-order chi connectivity index (χ1) is 9.20. The summed E-state index contributed by atoms with van der Waals surface area (Å²) in [5, 5.41) is 6.55. The van der Waals surface area contributed by atoms with Crippen molar-refractivity contribution in [2.45, 2.75) is 6.54 Å². The second-order valence-electron chi connectivity index (χ2n) is 4.11. The number of rotatable bonds is 4. The number of amides is 1. The van der Waals surface area contributed by atoms with Crippen molar-refractivity contribution in [3.8, 4) is 0 Å². The predicted octanol–water partition coefficient (Wildman–Crippen LogP) is 3.31. The summed E-state index contributed by atoms with van der Waals surface area (Å²) in [7, 11) is 1.62. The normalized spacial score (nSPS) is 10.0. The topological polar surface area (TPSA) is 41.1 Å². The lowest BCUT2D eigenvalue weighted by Crippen LogP contribution is -2.17. The Balaban J connectivity index is 2.01. The van der Waals surface area contributed by atoms with Crippen LogP contribution in [-0.2, 0) is 6.54 Å². The molecule has 2 aromatic rings. The van der Waals surface area contributed by atoms with E-state index in [-0.39, 0.29) is 5.91 Å². The molecule has 0 aliphatic heterocycles. The van der Waals surface area contributed by atoms with Gasteiger partial charge >= 0.3 is 0 Å². The van der Waals surface area contributed by atoms with Crippen molar-refractivity contribution < 1.29 is 4.79 Å². The third kappa shape index (κ3) is 3.48. The summed E-state index contributed by atoms with van der Waals surface area (Å²) in [6, 6.07) is 15.1.